The van der Waals surface area contributed by atoms with Gasteiger partial charge in [0.05, 0.1) is 17.0 Å². The van der Waals surface area contributed by atoms with Crippen molar-refractivity contribution in [1.29, 1.82) is 0 Å². The summed E-state index contributed by atoms with van der Waals surface area (Å²) < 4.78 is 5.69. The summed E-state index contributed by atoms with van der Waals surface area (Å²) >= 11 is 1.51. The van der Waals surface area contributed by atoms with Crippen LogP contribution >= 0.6 is 11.3 Å². The van der Waals surface area contributed by atoms with Gasteiger partial charge in [-0.1, -0.05) is 12.1 Å². The Morgan fingerprint density at radius 1 is 1.19 bits per heavy atom. The SMILES string of the molecule is Cc1ccc(C(=O)NC(C)c2cccc(OC(C)C)c2)s1. The fourth-order valence-corrected chi connectivity index (χ4v) is 2.81. The molecule has 21 heavy (non-hydrogen) atoms. The van der Waals surface area contributed by atoms with E-state index in [2.05, 4.69) is 5.32 Å². The molecule has 1 amide bonds. The van der Waals surface area contributed by atoms with Crippen LogP contribution in [-0.4, -0.2) is 12.0 Å². The number of carbonyl (C=O) groups excluding carboxylic acids is 1. The van der Waals surface area contributed by atoms with E-state index in [4.69, 9.17) is 4.74 Å². The van der Waals surface area contributed by atoms with Crippen LogP contribution in [0.3, 0.4) is 0 Å². The molecular formula is C17H21NO2S. The van der Waals surface area contributed by atoms with Crippen molar-refractivity contribution >= 4 is 17.2 Å². The van der Waals surface area contributed by atoms with E-state index in [0.717, 1.165) is 21.1 Å². The van der Waals surface area contributed by atoms with Gasteiger partial charge >= 0.3 is 0 Å². The molecule has 1 unspecified atom stereocenters. The van der Waals surface area contributed by atoms with E-state index in [0.29, 0.717) is 0 Å². The molecule has 3 nitrogen and oxygen atoms in total. The lowest BCUT2D eigenvalue weighted by atomic mass is 10.1. The predicted molar refractivity (Wildman–Crippen MR) is 87.1 cm³/mol. The molecule has 0 bridgehead atoms. The molecule has 0 fully saturated rings. The summed E-state index contributed by atoms with van der Waals surface area (Å²) in [4.78, 5) is 14.1. The highest BCUT2D eigenvalue weighted by Crippen LogP contribution is 2.21. The smallest absolute Gasteiger partial charge is 0.261 e. The summed E-state index contributed by atoms with van der Waals surface area (Å²) in [6.45, 7) is 7.97. The third-order valence-electron chi connectivity index (χ3n) is 3.04. The van der Waals surface area contributed by atoms with Gasteiger partial charge in [0.25, 0.3) is 5.91 Å². The minimum atomic E-state index is -0.0596. The van der Waals surface area contributed by atoms with Crippen LogP contribution in [0, 0.1) is 6.92 Å². The Bertz CT molecular complexity index is 619. The molecule has 2 rings (SSSR count). The van der Waals surface area contributed by atoms with Crippen molar-refractivity contribution in [3.63, 3.8) is 0 Å². The van der Waals surface area contributed by atoms with E-state index in [-0.39, 0.29) is 18.1 Å². The average Bonchev–Trinajstić information content (AvgIpc) is 2.85. The van der Waals surface area contributed by atoms with E-state index in [1.165, 1.54) is 11.3 Å². The molecule has 0 radical (unpaired) electrons. The van der Waals surface area contributed by atoms with Crippen LogP contribution in [0.25, 0.3) is 0 Å². The van der Waals surface area contributed by atoms with Crippen LogP contribution in [0.4, 0.5) is 0 Å². The standard InChI is InChI=1S/C17H21NO2S/c1-11(2)20-15-7-5-6-14(10-15)13(4)18-17(19)16-9-8-12(3)21-16/h5-11,13H,1-4H3,(H,18,19). The Balaban J connectivity index is 2.06. The van der Waals surface area contributed by atoms with Crippen molar-refractivity contribution < 1.29 is 9.53 Å². The normalized spacial score (nSPS) is 12.2. The van der Waals surface area contributed by atoms with E-state index < -0.39 is 0 Å². The van der Waals surface area contributed by atoms with Crippen molar-refractivity contribution in [1.82, 2.24) is 5.32 Å². The number of nitrogens with one attached hydrogen (secondary N) is 1. The molecule has 0 aliphatic rings. The highest BCUT2D eigenvalue weighted by atomic mass is 32.1. The summed E-state index contributed by atoms with van der Waals surface area (Å²) in [6.07, 6.45) is 0.138. The molecule has 1 aromatic carbocycles. The van der Waals surface area contributed by atoms with Gasteiger partial charge in [-0.05, 0) is 57.5 Å². The van der Waals surface area contributed by atoms with Crippen LogP contribution < -0.4 is 10.1 Å². The maximum absolute atomic E-state index is 12.2. The topological polar surface area (TPSA) is 38.3 Å². The van der Waals surface area contributed by atoms with Crippen molar-refractivity contribution in [2.45, 2.75) is 39.8 Å². The van der Waals surface area contributed by atoms with E-state index in [1.807, 2.05) is 64.1 Å². The molecule has 0 spiro atoms. The Labute approximate surface area is 130 Å². The lowest BCUT2D eigenvalue weighted by Crippen LogP contribution is -2.25. The van der Waals surface area contributed by atoms with Crippen LogP contribution in [0.1, 0.15) is 46.9 Å². The maximum Gasteiger partial charge on any atom is 0.261 e. The first-order valence-corrected chi connectivity index (χ1v) is 7.91. The van der Waals surface area contributed by atoms with Gasteiger partial charge in [0.15, 0.2) is 0 Å². The summed E-state index contributed by atoms with van der Waals surface area (Å²) in [7, 11) is 0. The van der Waals surface area contributed by atoms with Crippen molar-refractivity contribution in [2.24, 2.45) is 0 Å². The van der Waals surface area contributed by atoms with Crippen LogP contribution in [0.15, 0.2) is 36.4 Å². The quantitative estimate of drug-likeness (QED) is 0.892. The lowest BCUT2D eigenvalue weighted by Gasteiger charge is -2.16. The highest BCUT2D eigenvalue weighted by Gasteiger charge is 2.13. The third-order valence-corrected chi connectivity index (χ3v) is 4.04. The largest absolute Gasteiger partial charge is 0.491 e. The summed E-state index contributed by atoms with van der Waals surface area (Å²) in [5.41, 5.74) is 1.04. The Morgan fingerprint density at radius 3 is 2.57 bits per heavy atom. The third kappa shape index (κ3) is 4.33. The van der Waals surface area contributed by atoms with Gasteiger partial charge in [-0.2, -0.15) is 0 Å². The zero-order chi connectivity index (χ0) is 15.4. The van der Waals surface area contributed by atoms with Gasteiger partial charge in [0.1, 0.15) is 5.75 Å². The highest BCUT2D eigenvalue weighted by molar-refractivity contribution is 7.13. The van der Waals surface area contributed by atoms with E-state index in [9.17, 15) is 4.79 Å². The number of aryl methyl sites for hydroxylation is 1. The number of amides is 1. The van der Waals surface area contributed by atoms with Crippen molar-refractivity contribution in [2.75, 3.05) is 0 Å². The number of carbonyl (C=O) groups is 1. The van der Waals surface area contributed by atoms with Gasteiger partial charge in [0.2, 0.25) is 0 Å². The number of hydrogen-bond donors (Lipinski definition) is 1. The summed E-state index contributed by atoms with van der Waals surface area (Å²) in [5, 5.41) is 3.02. The van der Waals surface area contributed by atoms with Gasteiger partial charge in [-0.25, -0.2) is 0 Å². The second-order valence-electron chi connectivity index (χ2n) is 5.34. The lowest BCUT2D eigenvalue weighted by molar-refractivity contribution is 0.0944. The average molecular weight is 303 g/mol. The first-order chi connectivity index (χ1) is 9.95. The molecule has 112 valence electrons. The van der Waals surface area contributed by atoms with Gasteiger partial charge < -0.3 is 10.1 Å². The monoisotopic (exact) mass is 303 g/mol. The Kier molecular flexibility index (Phi) is 5.02. The minimum Gasteiger partial charge on any atom is -0.491 e. The van der Waals surface area contributed by atoms with Crippen LogP contribution in [0.5, 0.6) is 5.75 Å². The molecular weight excluding hydrogens is 282 g/mol. The van der Waals surface area contributed by atoms with Crippen molar-refractivity contribution in [3.05, 3.63) is 51.7 Å². The number of benzene rings is 1. The molecule has 1 heterocycles. The molecule has 0 aliphatic carbocycles. The van der Waals surface area contributed by atoms with Gasteiger partial charge in [-0.3, -0.25) is 4.79 Å². The first kappa shape index (κ1) is 15.6. The van der Waals surface area contributed by atoms with Gasteiger partial charge in [0, 0.05) is 4.88 Å². The molecule has 1 N–H and O–H groups in total. The number of ether oxygens (including phenoxy) is 1. The predicted octanol–water partition coefficient (Wildman–Crippen LogP) is 4.33. The Morgan fingerprint density at radius 2 is 1.95 bits per heavy atom. The zero-order valence-electron chi connectivity index (χ0n) is 12.8. The fourth-order valence-electron chi connectivity index (χ4n) is 2.04. The van der Waals surface area contributed by atoms with Crippen LogP contribution in [0.2, 0.25) is 0 Å². The molecule has 1 aromatic heterocycles. The molecule has 0 saturated heterocycles. The van der Waals surface area contributed by atoms with Crippen LogP contribution in [-0.2, 0) is 0 Å². The molecule has 0 aliphatic heterocycles. The number of rotatable bonds is 5. The molecule has 4 heteroatoms. The summed E-state index contributed by atoms with van der Waals surface area (Å²) in [6, 6.07) is 11.6. The van der Waals surface area contributed by atoms with E-state index >= 15 is 0 Å². The number of thiophene rings is 1. The van der Waals surface area contributed by atoms with Gasteiger partial charge in [-0.15, -0.1) is 11.3 Å². The maximum atomic E-state index is 12.2. The molecule has 2 aromatic rings. The fraction of sp³-hybridized carbons (Fsp3) is 0.353. The summed E-state index contributed by atoms with van der Waals surface area (Å²) in [5.74, 6) is 0.798. The van der Waals surface area contributed by atoms with E-state index in [1.54, 1.807) is 0 Å². The van der Waals surface area contributed by atoms with Crippen molar-refractivity contribution in [3.8, 4) is 5.75 Å². The zero-order valence-corrected chi connectivity index (χ0v) is 13.7. The second-order valence-corrected chi connectivity index (χ2v) is 6.63. The Hall–Kier alpha value is -1.81. The molecule has 0 saturated carbocycles. The minimum absolute atomic E-state index is 0.0317. The number of hydrogen-bond acceptors (Lipinski definition) is 3. The second kappa shape index (κ2) is 6.76. The molecule has 1 atom stereocenters. The first-order valence-electron chi connectivity index (χ1n) is 7.09.